The molecule has 1 aromatic heterocycles. The summed E-state index contributed by atoms with van der Waals surface area (Å²) < 4.78 is 9.54. The molecule has 24 heavy (non-hydrogen) atoms. The van der Waals surface area contributed by atoms with Gasteiger partial charge in [-0.05, 0) is 16.4 Å². The van der Waals surface area contributed by atoms with Crippen LogP contribution in [-0.4, -0.2) is 72.9 Å². The van der Waals surface area contributed by atoms with E-state index in [4.69, 9.17) is 9.84 Å². The first-order chi connectivity index (χ1) is 11.4. The van der Waals surface area contributed by atoms with Gasteiger partial charge in [0.25, 0.3) is 0 Å². The monoisotopic (exact) mass is 342 g/mol. The minimum Gasteiger partial charge on any atom is -0.394 e. The first-order valence-corrected chi connectivity index (χ1v) is 6.90. The van der Waals surface area contributed by atoms with E-state index < -0.39 is 42.2 Å². The number of non-ortho nitro benzene ring substituents is 1. The molecule has 0 spiro atoms. The van der Waals surface area contributed by atoms with Crippen molar-refractivity contribution >= 4 is 22.4 Å². The number of ether oxygens (including phenoxy) is 1. The maximum absolute atomic E-state index is 10.9. The Hall–Kier alpha value is -2.38. The topological polar surface area (TPSA) is 184 Å². The average Bonchev–Trinajstić information content (AvgIpc) is 3.04. The van der Waals surface area contributed by atoms with Crippen molar-refractivity contribution in [1.29, 1.82) is 0 Å². The highest BCUT2D eigenvalue weighted by molar-refractivity contribution is 5.93. The normalized spacial score (nSPS) is 30.4. The summed E-state index contributed by atoms with van der Waals surface area (Å²) in [4.78, 5) is 10.3. The number of aromatic nitrogens is 2. The van der Waals surface area contributed by atoms with Gasteiger partial charge in [-0.25, -0.2) is 4.63 Å². The van der Waals surface area contributed by atoms with Gasteiger partial charge in [-0.15, -0.1) is 0 Å². The van der Waals surface area contributed by atoms with Crippen molar-refractivity contribution in [2.75, 3.05) is 11.9 Å². The minimum atomic E-state index is -1.55. The highest BCUT2D eigenvalue weighted by Gasteiger charge is 2.44. The van der Waals surface area contributed by atoms with Gasteiger partial charge in [0.05, 0.1) is 17.2 Å². The lowest BCUT2D eigenvalue weighted by Crippen LogP contribution is -2.61. The predicted molar refractivity (Wildman–Crippen MR) is 75.8 cm³/mol. The summed E-state index contributed by atoms with van der Waals surface area (Å²) in [5.41, 5.74) is -0.238. The second-order valence-electron chi connectivity index (χ2n) is 5.25. The third kappa shape index (κ3) is 2.65. The molecule has 1 fully saturated rings. The third-order valence-electron chi connectivity index (χ3n) is 3.81. The summed E-state index contributed by atoms with van der Waals surface area (Å²) in [7, 11) is 0. The quantitative estimate of drug-likeness (QED) is 0.316. The number of hydrogen-bond donors (Lipinski definition) is 5. The Morgan fingerprint density at radius 3 is 2.58 bits per heavy atom. The van der Waals surface area contributed by atoms with Gasteiger partial charge < -0.3 is 30.5 Å². The fourth-order valence-corrected chi connectivity index (χ4v) is 2.55. The number of aliphatic hydroxyl groups excluding tert-OH is 4. The highest BCUT2D eigenvalue weighted by Crippen LogP contribution is 2.31. The number of nitro groups is 1. The zero-order valence-corrected chi connectivity index (χ0v) is 12.0. The van der Waals surface area contributed by atoms with Crippen molar-refractivity contribution in [3.63, 3.8) is 0 Å². The molecule has 12 heteroatoms. The second kappa shape index (κ2) is 6.26. The van der Waals surface area contributed by atoms with Crippen LogP contribution in [0, 0.1) is 10.1 Å². The van der Waals surface area contributed by atoms with Gasteiger partial charge in [-0.1, -0.05) is 0 Å². The van der Waals surface area contributed by atoms with E-state index >= 15 is 0 Å². The summed E-state index contributed by atoms with van der Waals surface area (Å²) in [5, 5.41) is 59.7. The van der Waals surface area contributed by atoms with Crippen LogP contribution >= 0.6 is 0 Å². The fraction of sp³-hybridized carbons (Fsp3) is 0.500. The number of hydrogen-bond acceptors (Lipinski definition) is 11. The van der Waals surface area contributed by atoms with Gasteiger partial charge in [-0.2, -0.15) is 0 Å². The minimum absolute atomic E-state index is 0.0161. The fourth-order valence-electron chi connectivity index (χ4n) is 2.55. The summed E-state index contributed by atoms with van der Waals surface area (Å²) in [5.74, 6) is 0. The van der Waals surface area contributed by atoms with E-state index in [0.717, 1.165) is 6.07 Å². The van der Waals surface area contributed by atoms with Crippen molar-refractivity contribution in [2.24, 2.45) is 0 Å². The van der Waals surface area contributed by atoms with Gasteiger partial charge in [0.2, 0.25) is 5.52 Å². The molecule has 5 N–H and O–H groups in total. The highest BCUT2D eigenvalue weighted by atomic mass is 16.6. The molecule has 5 atom stereocenters. The van der Waals surface area contributed by atoms with Crippen molar-refractivity contribution in [3.8, 4) is 0 Å². The number of rotatable bonds is 4. The Morgan fingerprint density at radius 1 is 1.21 bits per heavy atom. The molecule has 2 heterocycles. The van der Waals surface area contributed by atoms with Crippen LogP contribution in [0.1, 0.15) is 0 Å². The first-order valence-electron chi connectivity index (χ1n) is 6.90. The average molecular weight is 342 g/mol. The van der Waals surface area contributed by atoms with Crippen LogP contribution < -0.4 is 5.32 Å². The molecule has 2 aromatic rings. The van der Waals surface area contributed by atoms with Crippen LogP contribution in [-0.2, 0) is 4.74 Å². The Kier molecular flexibility index (Phi) is 4.29. The van der Waals surface area contributed by atoms with E-state index in [1.165, 1.54) is 6.07 Å². The van der Waals surface area contributed by atoms with E-state index in [1.807, 2.05) is 0 Å². The van der Waals surface area contributed by atoms with Crippen molar-refractivity contribution < 1.29 is 34.7 Å². The van der Waals surface area contributed by atoms with Crippen LogP contribution in [0.2, 0.25) is 0 Å². The number of nitrogens with one attached hydrogen (secondary N) is 1. The van der Waals surface area contributed by atoms with Gasteiger partial charge in [0.1, 0.15) is 24.4 Å². The smallest absolute Gasteiger partial charge is 0.300 e. The van der Waals surface area contributed by atoms with E-state index in [1.54, 1.807) is 0 Å². The molecule has 1 unspecified atom stereocenters. The van der Waals surface area contributed by atoms with Crippen LogP contribution in [0.4, 0.5) is 11.4 Å². The van der Waals surface area contributed by atoms with Crippen LogP contribution in [0.5, 0.6) is 0 Å². The van der Waals surface area contributed by atoms with E-state index in [2.05, 4.69) is 20.3 Å². The summed E-state index contributed by atoms with van der Waals surface area (Å²) >= 11 is 0. The molecule has 1 aliphatic rings. The number of fused-ring (bicyclic) bond motifs is 1. The molecule has 0 saturated carbocycles. The van der Waals surface area contributed by atoms with Gasteiger partial charge in [0, 0.05) is 6.07 Å². The maximum Gasteiger partial charge on any atom is 0.300 e. The zero-order valence-electron chi connectivity index (χ0n) is 12.0. The predicted octanol–water partition coefficient (Wildman–Crippen LogP) is -1.66. The largest absolute Gasteiger partial charge is 0.394 e. The molecular weight excluding hydrogens is 328 g/mol. The van der Waals surface area contributed by atoms with Gasteiger partial charge in [-0.3, -0.25) is 10.1 Å². The van der Waals surface area contributed by atoms with Gasteiger partial charge >= 0.3 is 5.69 Å². The number of benzene rings is 1. The van der Waals surface area contributed by atoms with Crippen LogP contribution in [0.3, 0.4) is 0 Å². The number of nitrogens with zero attached hydrogens (tertiary/aromatic N) is 3. The number of aliphatic hydroxyl groups is 4. The lowest BCUT2D eigenvalue weighted by Gasteiger charge is -2.40. The Bertz CT molecular complexity index is 752. The molecule has 130 valence electrons. The van der Waals surface area contributed by atoms with E-state index in [0.29, 0.717) is 0 Å². The first kappa shape index (κ1) is 16.5. The molecule has 0 bridgehead atoms. The lowest BCUT2D eigenvalue weighted by molar-refractivity contribution is -0.383. The molecule has 0 amide bonds. The second-order valence-corrected chi connectivity index (χ2v) is 5.25. The molecule has 0 aliphatic carbocycles. The van der Waals surface area contributed by atoms with Crippen molar-refractivity contribution in [1.82, 2.24) is 10.3 Å². The van der Waals surface area contributed by atoms with Crippen LogP contribution in [0.25, 0.3) is 11.0 Å². The number of nitro benzene ring substituents is 1. The Morgan fingerprint density at radius 2 is 1.92 bits per heavy atom. The molecule has 1 saturated heterocycles. The SMILES string of the molecule is O=[N+]([O-])c1ccc(N[C@@H]2C(O)O[C@@H](CO)[C@H](O)[C@H]2O)c2nonc12. The van der Waals surface area contributed by atoms with Crippen LogP contribution in [0.15, 0.2) is 16.8 Å². The molecule has 1 aliphatic heterocycles. The van der Waals surface area contributed by atoms with Crippen molar-refractivity contribution in [3.05, 3.63) is 22.2 Å². The Labute approximate surface area is 133 Å². The molecule has 0 radical (unpaired) electrons. The number of anilines is 1. The molecule has 12 nitrogen and oxygen atoms in total. The van der Waals surface area contributed by atoms with Gasteiger partial charge in [0.15, 0.2) is 11.8 Å². The zero-order chi connectivity index (χ0) is 17.4. The maximum atomic E-state index is 10.9. The molecule has 3 rings (SSSR count). The lowest BCUT2D eigenvalue weighted by atomic mass is 9.96. The van der Waals surface area contributed by atoms with E-state index in [-0.39, 0.29) is 22.4 Å². The standard InChI is InChI=1S/C12H14N4O8/c17-3-6-10(18)11(19)9(12(20)23-6)13-4-1-2-5(16(21)22)8-7(4)14-24-15-8/h1-2,6,9-13,17-20H,3H2/t6-,9-,10-,11-,12?/m0/s1. The molecule has 1 aromatic carbocycles. The summed E-state index contributed by atoms with van der Waals surface area (Å²) in [6, 6.07) is 1.28. The van der Waals surface area contributed by atoms with E-state index in [9.17, 15) is 25.4 Å². The van der Waals surface area contributed by atoms with Crippen molar-refractivity contribution in [2.45, 2.75) is 30.6 Å². The third-order valence-corrected chi connectivity index (χ3v) is 3.81. The Balaban J connectivity index is 1.91. The molecular formula is C12H14N4O8. The summed E-state index contributed by atoms with van der Waals surface area (Å²) in [6.45, 7) is -0.586. The summed E-state index contributed by atoms with van der Waals surface area (Å²) in [6.07, 6.45) is -5.61.